The third-order valence-electron chi connectivity index (χ3n) is 5.57. The average Bonchev–Trinajstić information content (AvgIpc) is 2.89. The first-order valence-electron chi connectivity index (χ1n) is 8.68. The highest BCUT2D eigenvalue weighted by molar-refractivity contribution is 6.31. The lowest BCUT2D eigenvalue weighted by Crippen LogP contribution is -2.46. The molecule has 2 aliphatic rings. The van der Waals surface area contributed by atoms with Gasteiger partial charge in [0.25, 0.3) is 0 Å². The smallest absolute Gasteiger partial charge is 0.408 e. The summed E-state index contributed by atoms with van der Waals surface area (Å²) in [5.41, 5.74) is 1.04. The number of aromatic nitrogens is 1. The van der Waals surface area contributed by atoms with Crippen molar-refractivity contribution in [3.8, 4) is 0 Å². The maximum atomic E-state index is 12.7. The van der Waals surface area contributed by atoms with Crippen LogP contribution in [0.5, 0.6) is 0 Å². The number of hydrogen-bond donors (Lipinski definition) is 0. The first-order valence-corrected chi connectivity index (χ1v) is 9.06. The van der Waals surface area contributed by atoms with Gasteiger partial charge < -0.3 is 9.32 Å². The van der Waals surface area contributed by atoms with Crippen molar-refractivity contribution in [1.82, 2.24) is 9.47 Å². The van der Waals surface area contributed by atoms with E-state index in [1.54, 1.807) is 18.2 Å². The summed E-state index contributed by atoms with van der Waals surface area (Å²) in [6.07, 6.45) is 6.22. The van der Waals surface area contributed by atoms with Gasteiger partial charge in [-0.3, -0.25) is 9.36 Å². The Bertz CT molecular complexity index is 825. The Balaban J connectivity index is 1.52. The van der Waals surface area contributed by atoms with Crippen LogP contribution in [0.4, 0.5) is 0 Å². The minimum Gasteiger partial charge on any atom is -0.408 e. The van der Waals surface area contributed by atoms with Gasteiger partial charge in [0.1, 0.15) is 6.54 Å². The van der Waals surface area contributed by atoms with Crippen LogP contribution in [0.3, 0.4) is 0 Å². The molecule has 128 valence electrons. The zero-order valence-electron chi connectivity index (χ0n) is 13.5. The van der Waals surface area contributed by atoms with Crippen LogP contribution in [-0.2, 0) is 11.3 Å². The number of rotatable bonds is 2. The molecule has 6 heteroatoms. The van der Waals surface area contributed by atoms with E-state index in [9.17, 15) is 9.59 Å². The number of fused-ring (bicyclic) bond motifs is 2. The number of benzene rings is 1. The van der Waals surface area contributed by atoms with E-state index in [2.05, 4.69) is 0 Å². The molecule has 0 spiro atoms. The van der Waals surface area contributed by atoms with Gasteiger partial charge in [-0.1, -0.05) is 30.9 Å². The van der Waals surface area contributed by atoms with E-state index >= 15 is 0 Å². The largest absolute Gasteiger partial charge is 0.420 e. The van der Waals surface area contributed by atoms with Gasteiger partial charge in [-0.25, -0.2) is 4.79 Å². The van der Waals surface area contributed by atoms with Crippen molar-refractivity contribution in [2.24, 2.45) is 11.8 Å². The Kier molecular flexibility index (Phi) is 4.12. The van der Waals surface area contributed by atoms with Crippen molar-refractivity contribution in [2.75, 3.05) is 13.1 Å². The predicted molar refractivity (Wildman–Crippen MR) is 92.1 cm³/mol. The molecule has 5 nitrogen and oxygen atoms in total. The Hall–Kier alpha value is -1.75. The Morgan fingerprint density at radius 3 is 2.83 bits per heavy atom. The summed E-state index contributed by atoms with van der Waals surface area (Å²) in [5.74, 6) is 0.905. The van der Waals surface area contributed by atoms with Crippen LogP contribution in [-0.4, -0.2) is 28.5 Å². The second kappa shape index (κ2) is 6.28. The lowest BCUT2D eigenvalue weighted by Gasteiger charge is -2.41. The lowest BCUT2D eigenvalue weighted by atomic mass is 9.75. The fraction of sp³-hybridized carbons (Fsp3) is 0.556. The third kappa shape index (κ3) is 2.86. The Morgan fingerprint density at radius 2 is 2.00 bits per heavy atom. The van der Waals surface area contributed by atoms with Crippen LogP contribution >= 0.6 is 11.6 Å². The van der Waals surface area contributed by atoms with E-state index in [0.717, 1.165) is 25.4 Å². The molecule has 2 heterocycles. The Labute approximate surface area is 145 Å². The van der Waals surface area contributed by atoms with Crippen molar-refractivity contribution in [3.05, 3.63) is 33.8 Å². The van der Waals surface area contributed by atoms with Gasteiger partial charge in [0.2, 0.25) is 5.91 Å². The molecular weight excluding hydrogens is 328 g/mol. The minimum absolute atomic E-state index is 0.00114. The highest BCUT2D eigenvalue weighted by Gasteiger charge is 2.33. The number of amides is 1. The molecule has 2 aromatic rings. The summed E-state index contributed by atoms with van der Waals surface area (Å²) in [6, 6.07) is 5.03. The van der Waals surface area contributed by atoms with Crippen molar-refractivity contribution < 1.29 is 9.21 Å². The number of piperidine rings is 1. The maximum Gasteiger partial charge on any atom is 0.420 e. The highest BCUT2D eigenvalue weighted by Crippen LogP contribution is 2.36. The molecule has 1 aromatic carbocycles. The lowest BCUT2D eigenvalue weighted by molar-refractivity contribution is -0.135. The van der Waals surface area contributed by atoms with Gasteiger partial charge in [0.05, 0.1) is 5.52 Å². The summed E-state index contributed by atoms with van der Waals surface area (Å²) in [5, 5.41) is 0.508. The van der Waals surface area contributed by atoms with Gasteiger partial charge in [0.15, 0.2) is 5.58 Å². The van der Waals surface area contributed by atoms with Crippen LogP contribution in [0.2, 0.25) is 5.02 Å². The monoisotopic (exact) mass is 348 g/mol. The van der Waals surface area contributed by atoms with E-state index in [-0.39, 0.29) is 12.5 Å². The fourth-order valence-corrected chi connectivity index (χ4v) is 4.41. The molecule has 1 aliphatic carbocycles. The van der Waals surface area contributed by atoms with Gasteiger partial charge >= 0.3 is 5.76 Å². The number of likely N-dealkylation sites (tertiary alicyclic amines) is 1. The number of carbonyl (C=O) groups excluding carboxylic acids is 1. The molecule has 0 radical (unpaired) electrons. The molecule has 0 bridgehead atoms. The predicted octanol–water partition coefficient (Wildman–Crippen LogP) is 3.29. The van der Waals surface area contributed by atoms with Crippen LogP contribution < -0.4 is 5.76 Å². The summed E-state index contributed by atoms with van der Waals surface area (Å²) in [6.45, 7) is 1.67. The molecule has 0 N–H and O–H groups in total. The number of oxazole rings is 1. The number of hydrogen-bond acceptors (Lipinski definition) is 3. The van der Waals surface area contributed by atoms with Crippen molar-refractivity contribution >= 4 is 28.6 Å². The van der Waals surface area contributed by atoms with Crippen LogP contribution in [0.1, 0.15) is 32.1 Å². The molecule has 1 aliphatic heterocycles. The van der Waals surface area contributed by atoms with Gasteiger partial charge in [0, 0.05) is 24.2 Å². The SMILES string of the molecule is O=C(Cn1c(=O)oc2cc(Cl)ccc21)N1CC[C@@H]2CCCC[C@@H]2C1. The first-order chi connectivity index (χ1) is 11.6. The Morgan fingerprint density at radius 1 is 1.21 bits per heavy atom. The van der Waals surface area contributed by atoms with Gasteiger partial charge in [-0.2, -0.15) is 0 Å². The van der Waals surface area contributed by atoms with Crippen molar-refractivity contribution in [3.63, 3.8) is 0 Å². The topological polar surface area (TPSA) is 55.5 Å². The van der Waals surface area contributed by atoms with Crippen molar-refractivity contribution in [2.45, 2.75) is 38.6 Å². The van der Waals surface area contributed by atoms with Crippen LogP contribution in [0.15, 0.2) is 27.4 Å². The highest BCUT2D eigenvalue weighted by atomic mass is 35.5. The fourth-order valence-electron chi connectivity index (χ4n) is 4.25. The van der Waals surface area contributed by atoms with Crippen LogP contribution in [0, 0.1) is 11.8 Å². The summed E-state index contributed by atoms with van der Waals surface area (Å²) >= 11 is 5.93. The second-order valence-corrected chi connectivity index (χ2v) is 7.44. The average molecular weight is 349 g/mol. The number of halogens is 1. The maximum absolute atomic E-state index is 12.7. The van der Waals surface area contributed by atoms with Crippen LogP contribution in [0.25, 0.3) is 11.1 Å². The normalized spacial score (nSPS) is 24.1. The van der Waals surface area contributed by atoms with E-state index in [1.807, 2.05) is 4.90 Å². The molecular formula is C18H21ClN2O3. The summed E-state index contributed by atoms with van der Waals surface area (Å²) in [4.78, 5) is 26.7. The van der Waals surface area contributed by atoms with Gasteiger partial charge in [-0.05, 0) is 36.8 Å². The van der Waals surface area contributed by atoms with E-state index in [0.29, 0.717) is 22.0 Å². The molecule has 1 aromatic heterocycles. The molecule has 2 fully saturated rings. The van der Waals surface area contributed by atoms with E-state index in [1.165, 1.54) is 30.3 Å². The molecule has 4 rings (SSSR count). The standard InChI is InChI=1S/C18H21ClN2O3/c19-14-5-6-15-16(9-14)24-18(23)21(15)11-17(22)20-8-7-12-3-1-2-4-13(12)10-20/h5-6,9,12-13H,1-4,7-8,10-11H2/t12-,13+/m0/s1. The zero-order valence-corrected chi connectivity index (χ0v) is 14.3. The third-order valence-corrected chi connectivity index (χ3v) is 5.80. The number of nitrogens with zero attached hydrogens (tertiary/aromatic N) is 2. The quantitative estimate of drug-likeness (QED) is 0.836. The molecule has 0 unspecified atom stereocenters. The molecule has 24 heavy (non-hydrogen) atoms. The summed E-state index contributed by atoms with van der Waals surface area (Å²) in [7, 11) is 0. The van der Waals surface area contributed by atoms with Gasteiger partial charge in [-0.15, -0.1) is 0 Å². The molecule has 2 atom stereocenters. The van der Waals surface area contributed by atoms with E-state index in [4.69, 9.17) is 16.0 Å². The second-order valence-electron chi connectivity index (χ2n) is 7.00. The molecule has 1 saturated heterocycles. The zero-order chi connectivity index (χ0) is 16.7. The number of carbonyl (C=O) groups is 1. The van der Waals surface area contributed by atoms with Crippen molar-refractivity contribution in [1.29, 1.82) is 0 Å². The molecule has 1 saturated carbocycles. The minimum atomic E-state index is -0.506. The summed E-state index contributed by atoms with van der Waals surface area (Å²) < 4.78 is 6.61. The molecule has 1 amide bonds. The van der Waals surface area contributed by atoms with E-state index < -0.39 is 5.76 Å². The first kappa shape index (κ1) is 15.8.